The molecule has 0 aromatic heterocycles. The van der Waals surface area contributed by atoms with E-state index in [0.717, 1.165) is 5.57 Å². The maximum Gasteiger partial charge on any atom is 0.335 e. The summed E-state index contributed by atoms with van der Waals surface area (Å²) in [5.41, 5.74) is 1.79. The van der Waals surface area contributed by atoms with Crippen molar-refractivity contribution in [2.75, 3.05) is 11.9 Å². The molecule has 2 amide bonds. The van der Waals surface area contributed by atoms with Gasteiger partial charge in [-0.3, -0.25) is 0 Å². The first-order valence-corrected chi connectivity index (χ1v) is 6.40. The predicted octanol–water partition coefficient (Wildman–Crippen LogP) is 3.24. The summed E-state index contributed by atoms with van der Waals surface area (Å²) in [5, 5.41) is 14.1. The van der Waals surface area contributed by atoms with Crippen molar-refractivity contribution in [1.82, 2.24) is 5.32 Å². The molecule has 19 heavy (non-hydrogen) atoms. The molecule has 0 aliphatic carbocycles. The number of carbonyl (C=O) groups excluding carboxylic acids is 1. The molecular formula is C13H15BrN2O3. The van der Waals surface area contributed by atoms with Gasteiger partial charge in [0, 0.05) is 11.0 Å². The largest absolute Gasteiger partial charge is 0.478 e. The van der Waals surface area contributed by atoms with Gasteiger partial charge in [-0.2, -0.15) is 0 Å². The summed E-state index contributed by atoms with van der Waals surface area (Å²) in [7, 11) is 0. The summed E-state index contributed by atoms with van der Waals surface area (Å²) in [6.45, 7) is 4.33. The van der Waals surface area contributed by atoms with E-state index < -0.39 is 5.97 Å². The van der Waals surface area contributed by atoms with Crippen molar-refractivity contribution < 1.29 is 14.7 Å². The highest BCUT2D eigenvalue weighted by atomic mass is 79.9. The van der Waals surface area contributed by atoms with Crippen LogP contribution in [0.5, 0.6) is 0 Å². The summed E-state index contributed by atoms with van der Waals surface area (Å²) < 4.78 is 0.518. The van der Waals surface area contributed by atoms with Gasteiger partial charge >= 0.3 is 12.0 Å². The molecule has 0 saturated heterocycles. The lowest BCUT2D eigenvalue weighted by molar-refractivity contribution is 0.0697. The van der Waals surface area contributed by atoms with Crippen molar-refractivity contribution in [3.8, 4) is 0 Å². The molecule has 0 bridgehead atoms. The lowest BCUT2D eigenvalue weighted by Gasteiger charge is -2.08. The van der Waals surface area contributed by atoms with Gasteiger partial charge in [0.25, 0.3) is 0 Å². The molecule has 102 valence electrons. The minimum Gasteiger partial charge on any atom is -0.478 e. The Kier molecular flexibility index (Phi) is 5.57. The number of allylic oxidation sites excluding steroid dienone is 1. The number of hydrogen-bond donors (Lipinski definition) is 3. The Morgan fingerprint density at radius 3 is 2.58 bits per heavy atom. The van der Waals surface area contributed by atoms with E-state index in [9.17, 15) is 9.59 Å². The van der Waals surface area contributed by atoms with E-state index in [4.69, 9.17) is 5.11 Å². The van der Waals surface area contributed by atoms with Crippen LogP contribution in [0.4, 0.5) is 10.5 Å². The van der Waals surface area contributed by atoms with Crippen molar-refractivity contribution >= 4 is 33.6 Å². The fourth-order valence-corrected chi connectivity index (χ4v) is 1.74. The van der Waals surface area contributed by atoms with Gasteiger partial charge in [0.1, 0.15) is 0 Å². The molecule has 0 atom stereocenters. The molecule has 0 heterocycles. The highest BCUT2D eigenvalue weighted by Crippen LogP contribution is 2.23. The number of rotatable bonds is 4. The Hall–Kier alpha value is -1.82. The third kappa shape index (κ3) is 5.13. The van der Waals surface area contributed by atoms with E-state index in [-0.39, 0.29) is 11.6 Å². The second-order valence-corrected chi connectivity index (χ2v) is 4.97. The smallest absolute Gasteiger partial charge is 0.335 e. The van der Waals surface area contributed by atoms with Gasteiger partial charge in [-0.25, -0.2) is 9.59 Å². The topological polar surface area (TPSA) is 78.4 Å². The van der Waals surface area contributed by atoms with Crippen LogP contribution in [-0.4, -0.2) is 23.7 Å². The summed E-state index contributed by atoms with van der Waals surface area (Å²) in [6, 6.07) is 4.06. The van der Waals surface area contributed by atoms with Gasteiger partial charge in [-0.15, -0.1) is 0 Å². The Balaban J connectivity index is 2.64. The van der Waals surface area contributed by atoms with Gasteiger partial charge in [0.15, 0.2) is 0 Å². The summed E-state index contributed by atoms with van der Waals surface area (Å²) in [5.74, 6) is -1.01. The summed E-state index contributed by atoms with van der Waals surface area (Å²) in [6.07, 6.45) is 1.89. The minimum absolute atomic E-state index is 0.155. The van der Waals surface area contributed by atoms with Gasteiger partial charge in [-0.1, -0.05) is 11.6 Å². The fourth-order valence-electron chi connectivity index (χ4n) is 1.26. The lowest BCUT2D eigenvalue weighted by atomic mass is 10.2. The van der Waals surface area contributed by atoms with E-state index >= 15 is 0 Å². The number of carboxylic acid groups (broad SMARTS) is 1. The molecule has 6 heteroatoms. The zero-order valence-electron chi connectivity index (χ0n) is 10.7. The number of benzene rings is 1. The molecular weight excluding hydrogens is 312 g/mol. The van der Waals surface area contributed by atoms with Crippen LogP contribution in [0, 0.1) is 0 Å². The maximum atomic E-state index is 11.6. The Morgan fingerprint density at radius 2 is 2.05 bits per heavy atom. The third-order valence-electron chi connectivity index (χ3n) is 2.24. The first kappa shape index (κ1) is 15.2. The number of carbonyl (C=O) groups is 2. The van der Waals surface area contributed by atoms with E-state index in [1.165, 1.54) is 18.2 Å². The number of hydrogen-bond acceptors (Lipinski definition) is 2. The van der Waals surface area contributed by atoms with Crippen LogP contribution in [-0.2, 0) is 0 Å². The van der Waals surface area contributed by atoms with Crippen molar-refractivity contribution in [3.63, 3.8) is 0 Å². The standard InChI is InChI=1S/C13H15BrN2O3/c1-8(2)5-6-15-13(19)16-11-4-3-9(12(17)18)7-10(11)14/h3-5,7H,6H2,1-2H3,(H,17,18)(H2,15,16,19). The number of anilines is 1. The average Bonchev–Trinajstić information content (AvgIpc) is 2.31. The molecule has 3 N–H and O–H groups in total. The summed E-state index contributed by atoms with van der Waals surface area (Å²) in [4.78, 5) is 22.3. The van der Waals surface area contributed by atoms with Crippen LogP contribution in [0.3, 0.4) is 0 Å². The number of urea groups is 1. The first-order chi connectivity index (χ1) is 8.90. The molecule has 0 unspecified atom stereocenters. The molecule has 5 nitrogen and oxygen atoms in total. The number of amides is 2. The number of carboxylic acids is 1. The second kappa shape index (κ2) is 6.94. The molecule has 0 radical (unpaired) electrons. The van der Waals surface area contributed by atoms with Crippen LogP contribution in [0.25, 0.3) is 0 Å². The van der Waals surface area contributed by atoms with Crippen LogP contribution in [0.15, 0.2) is 34.3 Å². The predicted molar refractivity (Wildman–Crippen MR) is 77.6 cm³/mol. The highest BCUT2D eigenvalue weighted by molar-refractivity contribution is 9.10. The molecule has 0 spiro atoms. The Bertz CT molecular complexity index is 523. The van der Waals surface area contributed by atoms with E-state index in [1.807, 2.05) is 19.9 Å². The quantitative estimate of drug-likeness (QED) is 0.743. The third-order valence-corrected chi connectivity index (χ3v) is 2.89. The molecule has 1 aromatic carbocycles. The molecule has 0 saturated carbocycles. The summed E-state index contributed by atoms with van der Waals surface area (Å²) >= 11 is 3.22. The first-order valence-electron chi connectivity index (χ1n) is 5.61. The van der Waals surface area contributed by atoms with Crippen LogP contribution in [0.1, 0.15) is 24.2 Å². The monoisotopic (exact) mass is 326 g/mol. The molecule has 1 rings (SSSR count). The van der Waals surface area contributed by atoms with Crippen molar-refractivity contribution in [1.29, 1.82) is 0 Å². The Labute approximate surface area is 119 Å². The number of halogens is 1. The fraction of sp³-hybridized carbons (Fsp3) is 0.231. The van der Waals surface area contributed by atoms with Crippen molar-refractivity contribution in [2.24, 2.45) is 0 Å². The Morgan fingerprint density at radius 1 is 1.37 bits per heavy atom. The zero-order chi connectivity index (χ0) is 14.4. The number of aromatic carboxylic acids is 1. The normalized spacial score (nSPS) is 9.63. The van der Waals surface area contributed by atoms with Crippen LogP contribution in [0.2, 0.25) is 0 Å². The van der Waals surface area contributed by atoms with Crippen LogP contribution >= 0.6 is 15.9 Å². The van der Waals surface area contributed by atoms with Gasteiger partial charge in [-0.05, 0) is 48.0 Å². The lowest BCUT2D eigenvalue weighted by Crippen LogP contribution is -2.29. The minimum atomic E-state index is -1.01. The van der Waals surface area contributed by atoms with E-state index in [2.05, 4.69) is 26.6 Å². The SMILES string of the molecule is CC(C)=CCNC(=O)Nc1ccc(C(=O)O)cc1Br. The molecule has 0 aliphatic rings. The molecule has 0 aliphatic heterocycles. The van der Waals surface area contributed by atoms with Gasteiger partial charge in [0.2, 0.25) is 0 Å². The van der Waals surface area contributed by atoms with E-state index in [1.54, 1.807) is 0 Å². The number of nitrogens with one attached hydrogen (secondary N) is 2. The molecule has 1 aromatic rings. The average molecular weight is 327 g/mol. The highest BCUT2D eigenvalue weighted by Gasteiger charge is 2.08. The van der Waals surface area contributed by atoms with Gasteiger partial charge in [0.05, 0.1) is 11.3 Å². The second-order valence-electron chi connectivity index (χ2n) is 4.12. The maximum absolute atomic E-state index is 11.6. The van der Waals surface area contributed by atoms with Crippen molar-refractivity contribution in [3.05, 3.63) is 39.9 Å². The van der Waals surface area contributed by atoms with E-state index in [0.29, 0.717) is 16.7 Å². The molecule has 0 fully saturated rings. The van der Waals surface area contributed by atoms with Gasteiger partial charge < -0.3 is 15.7 Å². The van der Waals surface area contributed by atoms with Crippen molar-refractivity contribution in [2.45, 2.75) is 13.8 Å². The zero-order valence-corrected chi connectivity index (χ0v) is 12.2. The van der Waals surface area contributed by atoms with Crippen LogP contribution < -0.4 is 10.6 Å².